The molecule has 1 aliphatic heterocycles. The van der Waals surface area contributed by atoms with Gasteiger partial charge in [0, 0.05) is 23.2 Å². The van der Waals surface area contributed by atoms with Gasteiger partial charge in [-0.1, -0.05) is 25.1 Å². The first-order valence-corrected chi connectivity index (χ1v) is 12.8. The highest BCUT2D eigenvalue weighted by atomic mass is 19.4. The molecule has 2 amide bonds. The number of alkyl halides is 3. The molecule has 214 valence electrons. The molecule has 3 atom stereocenters. The van der Waals surface area contributed by atoms with Crippen LogP contribution in [0.1, 0.15) is 43.7 Å². The first-order valence-electron chi connectivity index (χ1n) is 12.8. The van der Waals surface area contributed by atoms with Crippen LogP contribution in [0.15, 0.2) is 42.5 Å². The van der Waals surface area contributed by atoms with Crippen LogP contribution < -0.4 is 20.1 Å². The van der Waals surface area contributed by atoms with Crippen LogP contribution in [0.25, 0.3) is 0 Å². The van der Waals surface area contributed by atoms with Crippen molar-refractivity contribution in [2.24, 2.45) is 0 Å². The number of carbonyl (C=O) groups is 2. The van der Waals surface area contributed by atoms with Gasteiger partial charge in [0.25, 0.3) is 0 Å². The smallest absolute Gasteiger partial charge is 0.490 e. The maximum atomic E-state index is 12.7. The van der Waals surface area contributed by atoms with Crippen LogP contribution >= 0.6 is 0 Å². The van der Waals surface area contributed by atoms with Crippen molar-refractivity contribution in [1.29, 1.82) is 0 Å². The quantitative estimate of drug-likeness (QED) is 0.456. The number of carbonyl (C=O) groups excluding carboxylic acids is 1. The van der Waals surface area contributed by atoms with Crippen molar-refractivity contribution in [2.45, 2.75) is 62.7 Å². The number of rotatable bonds is 6. The van der Waals surface area contributed by atoms with E-state index in [1.807, 2.05) is 24.3 Å². The topological polar surface area (TPSA) is 100 Å². The predicted molar refractivity (Wildman–Crippen MR) is 142 cm³/mol. The highest BCUT2D eigenvalue weighted by molar-refractivity contribution is 5.89. The largest absolute Gasteiger partial charge is 0.493 e. The molecule has 3 unspecified atom stereocenters. The van der Waals surface area contributed by atoms with Gasteiger partial charge in [-0.15, -0.1) is 0 Å². The van der Waals surface area contributed by atoms with Gasteiger partial charge in [-0.3, -0.25) is 0 Å². The molecule has 2 aromatic carbocycles. The number of likely N-dealkylation sites (tertiary alicyclic amines) is 1. The number of benzene rings is 2. The number of carboxylic acid groups (broad SMARTS) is 1. The summed E-state index contributed by atoms with van der Waals surface area (Å²) >= 11 is 0. The molecule has 2 aliphatic rings. The lowest BCUT2D eigenvalue weighted by Crippen LogP contribution is -2.52. The zero-order valence-electron chi connectivity index (χ0n) is 22.6. The summed E-state index contributed by atoms with van der Waals surface area (Å²) in [6, 6.07) is 14.8. The molecule has 0 radical (unpaired) electrons. The molecule has 4 rings (SSSR count). The van der Waals surface area contributed by atoms with Crippen LogP contribution in [0.5, 0.6) is 11.5 Å². The van der Waals surface area contributed by atoms with Crippen molar-refractivity contribution in [3.05, 3.63) is 53.6 Å². The minimum atomic E-state index is -5.08. The number of likely N-dealkylation sites (N-methyl/N-ethyl adjacent to an activating group) is 1. The summed E-state index contributed by atoms with van der Waals surface area (Å²) < 4.78 is 42.8. The molecule has 11 heteroatoms. The Bertz CT molecular complexity index is 1160. The number of fused-ring (bicyclic) bond motifs is 1. The van der Waals surface area contributed by atoms with Gasteiger partial charge in [0.05, 0.1) is 14.2 Å². The van der Waals surface area contributed by atoms with Crippen LogP contribution in [0, 0.1) is 0 Å². The van der Waals surface area contributed by atoms with E-state index in [0.29, 0.717) is 6.04 Å². The molecule has 2 fully saturated rings. The Morgan fingerprint density at radius 1 is 1.10 bits per heavy atom. The molecule has 0 bridgehead atoms. The number of anilines is 1. The molecule has 2 aromatic rings. The van der Waals surface area contributed by atoms with E-state index in [1.165, 1.54) is 11.1 Å². The van der Waals surface area contributed by atoms with E-state index in [2.05, 4.69) is 47.7 Å². The highest BCUT2D eigenvalue weighted by Gasteiger charge is 2.50. The van der Waals surface area contributed by atoms with E-state index >= 15 is 0 Å². The summed E-state index contributed by atoms with van der Waals surface area (Å²) in [5, 5.41) is 13.4. The van der Waals surface area contributed by atoms with Gasteiger partial charge in [-0.25, -0.2) is 9.59 Å². The van der Waals surface area contributed by atoms with Crippen molar-refractivity contribution >= 4 is 17.7 Å². The molecule has 3 N–H and O–H groups in total. The second kappa shape index (κ2) is 12.6. The zero-order valence-corrected chi connectivity index (χ0v) is 22.6. The minimum Gasteiger partial charge on any atom is -0.493 e. The number of hydrogen-bond acceptors (Lipinski definition) is 5. The molecule has 1 aliphatic carbocycles. The Labute approximate surface area is 226 Å². The van der Waals surface area contributed by atoms with Crippen LogP contribution in [0.3, 0.4) is 0 Å². The summed E-state index contributed by atoms with van der Waals surface area (Å²) in [5.41, 5.74) is 3.45. The first-order chi connectivity index (χ1) is 18.4. The molecule has 8 nitrogen and oxygen atoms in total. The van der Waals surface area contributed by atoms with E-state index in [0.717, 1.165) is 55.8 Å². The van der Waals surface area contributed by atoms with E-state index in [-0.39, 0.29) is 17.5 Å². The van der Waals surface area contributed by atoms with Gasteiger partial charge in [0.2, 0.25) is 0 Å². The average molecular weight is 552 g/mol. The number of halogens is 3. The lowest BCUT2D eigenvalue weighted by Gasteiger charge is -2.45. The second-order valence-electron chi connectivity index (χ2n) is 9.90. The second-order valence-corrected chi connectivity index (χ2v) is 9.90. The van der Waals surface area contributed by atoms with Crippen LogP contribution in [-0.2, 0) is 16.6 Å². The van der Waals surface area contributed by atoms with Crippen LogP contribution in [0.2, 0.25) is 0 Å². The lowest BCUT2D eigenvalue weighted by atomic mass is 9.65. The Hall–Kier alpha value is -3.47. The van der Waals surface area contributed by atoms with Gasteiger partial charge < -0.3 is 30.1 Å². The van der Waals surface area contributed by atoms with E-state index in [1.54, 1.807) is 14.2 Å². The van der Waals surface area contributed by atoms with E-state index in [9.17, 15) is 18.0 Å². The molecule has 1 heterocycles. The molecular weight excluding hydrogens is 515 g/mol. The lowest BCUT2D eigenvalue weighted by molar-refractivity contribution is -0.192. The standard InChI is InChI=1S/C26H35N3O3.C2HF3O2/c1-5-18-7-6-8-20(15-18)27-25(30)28-21-11-12-26(13-14-29(2)24(26)17-21)19-9-10-22(31-3)23(16-19)32-4;3-2(4,5)1(6)7/h6-10,15-16,21,24H,5,11-14,17H2,1-4H3,(H2,27,28,30);(H,6,7). The van der Waals surface area contributed by atoms with Gasteiger partial charge in [0.15, 0.2) is 11.5 Å². The van der Waals surface area contributed by atoms with Crippen molar-refractivity contribution in [1.82, 2.24) is 10.2 Å². The monoisotopic (exact) mass is 551 g/mol. The third-order valence-corrected chi connectivity index (χ3v) is 7.66. The number of aliphatic carboxylic acids is 1. The summed E-state index contributed by atoms with van der Waals surface area (Å²) in [5.74, 6) is -1.22. The van der Waals surface area contributed by atoms with Gasteiger partial charge in [0.1, 0.15) is 0 Å². The highest BCUT2D eigenvalue weighted by Crippen LogP contribution is 2.49. The van der Waals surface area contributed by atoms with Crippen molar-refractivity contribution in [3.63, 3.8) is 0 Å². The number of aryl methyl sites for hydroxylation is 1. The number of nitrogens with zero attached hydrogens (tertiary/aromatic N) is 1. The van der Waals surface area contributed by atoms with Gasteiger partial charge >= 0.3 is 18.2 Å². The van der Waals surface area contributed by atoms with Crippen molar-refractivity contribution < 1.29 is 37.3 Å². The average Bonchev–Trinajstić information content (AvgIpc) is 3.24. The SMILES string of the molecule is CCc1cccc(NC(=O)NC2CCC3(c4ccc(OC)c(OC)c4)CCN(C)C3C2)c1.O=C(O)C(F)(F)F. The maximum absolute atomic E-state index is 12.7. The number of carboxylic acids is 1. The van der Waals surface area contributed by atoms with Crippen LogP contribution in [-0.4, -0.2) is 68.1 Å². The van der Waals surface area contributed by atoms with Gasteiger partial charge in [-0.2, -0.15) is 13.2 Å². The number of ether oxygens (including phenoxy) is 2. The fourth-order valence-electron chi connectivity index (χ4n) is 5.62. The first kappa shape index (κ1) is 30.1. The number of hydrogen-bond donors (Lipinski definition) is 3. The Balaban J connectivity index is 0.000000532. The summed E-state index contributed by atoms with van der Waals surface area (Å²) in [4.78, 5) is 24.0. The zero-order chi connectivity index (χ0) is 28.8. The number of methoxy groups -OCH3 is 2. The predicted octanol–water partition coefficient (Wildman–Crippen LogP) is 5.22. The fourth-order valence-corrected chi connectivity index (χ4v) is 5.62. The summed E-state index contributed by atoms with van der Waals surface area (Å²) in [6.07, 6.45) is -0.0828. The molecule has 1 saturated carbocycles. The Morgan fingerprint density at radius 3 is 2.41 bits per heavy atom. The van der Waals surface area contributed by atoms with Gasteiger partial charge in [-0.05, 0) is 81.1 Å². The normalized spacial score (nSPS) is 22.6. The third kappa shape index (κ3) is 7.14. The molecule has 39 heavy (non-hydrogen) atoms. The Kier molecular flexibility index (Phi) is 9.71. The third-order valence-electron chi connectivity index (χ3n) is 7.66. The molecule has 1 saturated heterocycles. The number of nitrogens with one attached hydrogen (secondary N) is 2. The van der Waals surface area contributed by atoms with E-state index < -0.39 is 12.1 Å². The summed E-state index contributed by atoms with van der Waals surface area (Å²) in [6.45, 7) is 3.17. The summed E-state index contributed by atoms with van der Waals surface area (Å²) in [7, 11) is 5.56. The van der Waals surface area contributed by atoms with Crippen molar-refractivity contribution in [3.8, 4) is 11.5 Å². The van der Waals surface area contributed by atoms with Crippen molar-refractivity contribution in [2.75, 3.05) is 33.1 Å². The van der Waals surface area contributed by atoms with Crippen LogP contribution in [0.4, 0.5) is 23.7 Å². The molecular formula is C28H36F3N3O5. The fraction of sp³-hybridized carbons (Fsp3) is 0.500. The molecule has 0 aromatic heterocycles. The maximum Gasteiger partial charge on any atom is 0.490 e. The number of amides is 2. The molecule has 0 spiro atoms. The minimum absolute atomic E-state index is 0.0818. The number of urea groups is 1. The van der Waals surface area contributed by atoms with E-state index in [4.69, 9.17) is 19.4 Å². The Morgan fingerprint density at radius 2 is 1.79 bits per heavy atom.